The summed E-state index contributed by atoms with van der Waals surface area (Å²) in [6.07, 6.45) is 2.99. The van der Waals surface area contributed by atoms with E-state index in [-0.39, 0.29) is 24.1 Å². The zero-order valence-corrected chi connectivity index (χ0v) is 16.1. The number of para-hydroxylation sites is 1. The molecule has 1 aliphatic heterocycles. The summed E-state index contributed by atoms with van der Waals surface area (Å²) < 4.78 is 0. The zero-order valence-electron chi connectivity index (χ0n) is 16.1. The van der Waals surface area contributed by atoms with E-state index in [1.54, 1.807) is 31.3 Å². The molecule has 0 unspecified atom stereocenters. The van der Waals surface area contributed by atoms with Crippen molar-refractivity contribution in [3.63, 3.8) is 0 Å². The van der Waals surface area contributed by atoms with Gasteiger partial charge in [-0.1, -0.05) is 18.2 Å². The number of aromatic nitrogens is 1. The van der Waals surface area contributed by atoms with Crippen LogP contribution in [0.2, 0.25) is 0 Å². The van der Waals surface area contributed by atoms with Crippen LogP contribution in [0.4, 0.5) is 5.69 Å². The Balaban J connectivity index is 1.39. The van der Waals surface area contributed by atoms with Gasteiger partial charge in [0.15, 0.2) is 6.04 Å². The summed E-state index contributed by atoms with van der Waals surface area (Å²) in [7, 11) is 1.56. The maximum absolute atomic E-state index is 12.8. The van der Waals surface area contributed by atoms with Gasteiger partial charge >= 0.3 is 0 Å². The number of rotatable bonds is 6. The van der Waals surface area contributed by atoms with Crippen LogP contribution >= 0.6 is 0 Å². The molecule has 2 heterocycles. The van der Waals surface area contributed by atoms with Crippen LogP contribution in [0.3, 0.4) is 0 Å². The third-order valence-corrected chi connectivity index (χ3v) is 5.34. The molecular formula is C22H23N4O3+. The van der Waals surface area contributed by atoms with E-state index in [0.29, 0.717) is 11.3 Å². The first kappa shape index (κ1) is 18.9. The Morgan fingerprint density at radius 1 is 1.17 bits per heavy atom. The Hall–Kier alpha value is -3.45. The lowest BCUT2D eigenvalue weighted by Gasteiger charge is -2.14. The lowest BCUT2D eigenvalue weighted by Crippen LogP contribution is -2.92. The first-order chi connectivity index (χ1) is 14.1. The van der Waals surface area contributed by atoms with Crippen LogP contribution in [-0.2, 0) is 16.0 Å². The Morgan fingerprint density at radius 2 is 1.93 bits per heavy atom. The molecule has 3 aromatic rings. The number of aromatic amines is 1. The molecule has 4 N–H and O–H groups in total. The number of hydrogen-bond donors (Lipinski definition) is 3. The topological polar surface area (TPSA) is 98.9 Å². The van der Waals surface area contributed by atoms with Gasteiger partial charge < -0.3 is 15.6 Å². The number of anilines is 1. The van der Waals surface area contributed by atoms with Gasteiger partial charge in [0.2, 0.25) is 5.91 Å². The van der Waals surface area contributed by atoms with Crippen molar-refractivity contribution in [3.8, 4) is 0 Å². The summed E-state index contributed by atoms with van der Waals surface area (Å²) in [6, 6.07) is 14.2. The fraction of sp³-hybridized carbons (Fsp3) is 0.227. The van der Waals surface area contributed by atoms with Crippen LogP contribution in [-0.4, -0.2) is 42.3 Å². The monoisotopic (exact) mass is 391 g/mol. The fourth-order valence-corrected chi connectivity index (χ4v) is 3.80. The van der Waals surface area contributed by atoms with Gasteiger partial charge in [0.25, 0.3) is 11.8 Å². The van der Waals surface area contributed by atoms with Crippen molar-refractivity contribution in [3.05, 3.63) is 65.9 Å². The van der Waals surface area contributed by atoms with E-state index < -0.39 is 6.04 Å². The van der Waals surface area contributed by atoms with Gasteiger partial charge in [0, 0.05) is 36.1 Å². The molecule has 7 heteroatoms. The highest BCUT2D eigenvalue weighted by atomic mass is 16.2. The number of quaternary nitrogens is 1. The summed E-state index contributed by atoms with van der Waals surface area (Å²) >= 11 is 0. The molecule has 1 saturated heterocycles. The molecule has 1 fully saturated rings. The van der Waals surface area contributed by atoms with Crippen LogP contribution < -0.4 is 15.5 Å². The Morgan fingerprint density at radius 3 is 2.69 bits per heavy atom. The Labute approximate surface area is 168 Å². The van der Waals surface area contributed by atoms with E-state index in [9.17, 15) is 14.4 Å². The number of nitrogens with two attached hydrogens (primary N) is 1. The average molecular weight is 391 g/mol. The highest BCUT2D eigenvalue weighted by molar-refractivity contribution is 6.21. The second kappa shape index (κ2) is 7.89. The van der Waals surface area contributed by atoms with Crippen LogP contribution in [0.25, 0.3) is 10.9 Å². The zero-order chi connectivity index (χ0) is 20.4. The van der Waals surface area contributed by atoms with E-state index in [1.807, 2.05) is 29.7 Å². The molecule has 0 bridgehead atoms. The van der Waals surface area contributed by atoms with E-state index in [2.05, 4.69) is 16.4 Å². The molecule has 29 heavy (non-hydrogen) atoms. The number of imide groups is 1. The van der Waals surface area contributed by atoms with Gasteiger partial charge in [-0.25, -0.2) is 4.90 Å². The highest BCUT2D eigenvalue weighted by Crippen LogP contribution is 2.22. The summed E-state index contributed by atoms with van der Waals surface area (Å²) in [4.78, 5) is 41.4. The van der Waals surface area contributed by atoms with E-state index >= 15 is 0 Å². The highest BCUT2D eigenvalue weighted by Gasteiger charge is 2.42. The first-order valence-electron chi connectivity index (χ1n) is 9.65. The molecule has 7 nitrogen and oxygen atoms in total. The summed E-state index contributed by atoms with van der Waals surface area (Å²) in [5.74, 6) is -0.628. The molecule has 0 spiro atoms. The van der Waals surface area contributed by atoms with Crippen LogP contribution in [0.5, 0.6) is 0 Å². The predicted molar refractivity (Wildman–Crippen MR) is 110 cm³/mol. The summed E-state index contributed by atoms with van der Waals surface area (Å²) in [5, 5.41) is 5.68. The molecule has 148 valence electrons. The van der Waals surface area contributed by atoms with Gasteiger partial charge in [-0.2, -0.15) is 0 Å². The summed E-state index contributed by atoms with van der Waals surface area (Å²) in [6.45, 7) is 0.717. The van der Waals surface area contributed by atoms with Crippen molar-refractivity contribution >= 4 is 34.3 Å². The second-order valence-corrected chi connectivity index (χ2v) is 7.14. The average Bonchev–Trinajstić information content (AvgIpc) is 3.28. The number of nitrogens with zero attached hydrogens (tertiary/aromatic N) is 1. The molecule has 2 aromatic carbocycles. The SMILES string of the molecule is CNC(=O)c1ccc(N2C(=O)C[C@H]([NH2+]CCc3c[nH]c4ccccc34)C2=O)cc1. The molecule has 1 aromatic heterocycles. The van der Waals surface area contributed by atoms with Crippen molar-refractivity contribution in [2.45, 2.75) is 18.9 Å². The number of hydrogen-bond acceptors (Lipinski definition) is 3. The minimum absolute atomic E-state index is 0.184. The lowest BCUT2D eigenvalue weighted by molar-refractivity contribution is -0.674. The van der Waals surface area contributed by atoms with Crippen molar-refractivity contribution in [2.24, 2.45) is 0 Å². The number of nitrogens with one attached hydrogen (secondary N) is 2. The van der Waals surface area contributed by atoms with Crippen LogP contribution in [0.1, 0.15) is 22.3 Å². The van der Waals surface area contributed by atoms with E-state index in [4.69, 9.17) is 0 Å². The molecule has 3 amide bonds. The van der Waals surface area contributed by atoms with Crippen molar-refractivity contribution in [1.82, 2.24) is 10.3 Å². The minimum Gasteiger partial charge on any atom is -0.361 e. The maximum atomic E-state index is 12.8. The Kier molecular flexibility index (Phi) is 5.14. The van der Waals surface area contributed by atoms with Gasteiger partial charge in [0.05, 0.1) is 18.7 Å². The van der Waals surface area contributed by atoms with Crippen molar-refractivity contribution in [2.75, 3.05) is 18.5 Å². The normalized spacial score (nSPS) is 16.6. The minimum atomic E-state index is -0.411. The third kappa shape index (κ3) is 3.64. The smallest absolute Gasteiger partial charge is 0.292 e. The van der Waals surface area contributed by atoms with E-state index in [0.717, 1.165) is 18.5 Å². The molecule has 0 saturated carbocycles. The molecule has 0 radical (unpaired) electrons. The quantitative estimate of drug-likeness (QED) is 0.546. The van der Waals surface area contributed by atoms with Crippen LogP contribution in [0.15, 0.2) is 54.7 Å². The summed E-state index contributed by atoms with van der Waals surface area (Å²) in [5.41, 5.74) is 3.29. The standard InChI is InChI=1S/C22H22N4O3/c1-23-21(28)14-6-8-16(9-7-14)26-20(27)12-19(22(26)29)24-11-10-15-13-25-18-5-3-2-4-17(15)18/h2-9,13,19,24-25H,10-12H2,1H3,(H,23,28)/p+1/t19-/m0/s1. The number of fused-ring (bicyclic) bond motifs is 1. The van der Waals surface area contributed by atoms with Crippen molar-refractivity contribution in [1.29, 1.82) is 0 Å². The van der Waals surface area contributed by atoms with Gasteiger partial charge in [-0.3, -0.25) is 14.4 Å². The number of carbonyl (C=O) groups is 3. The van der Waals surface area contributed by atoms with Crippen molar-refractivity contribution < 1.29 is 19.7 Å². The number of carbonyl (C=O) groups excluding carboxylic acids is 3. The van der Waals surface area contributed by atoms with Gasteiger partial charge in [-0.15, -0.1) is 0 Å². The fourth-order valence-electron chi connectivity index (χ4n) is 3.80. The molecule has 4 rings (SSSR count). The maximum Gasteiger partial charge on any atom is 0.292 e. The lowest BCUT2D eigenvalue weighted by atomic mass is 10.1. The second-order valence-electron chi connectivity index (χ2n) is 7.14. The number of amides is 3. The largest absolute Gasteiger partial charge is 0.361 e. The third-order valence-electron chi connectivity index (χ3n) is 5.34. The predicted octanol–water partition coefficient (Wildman–Crippen LogP) is 0.966. The number of H-pyrrole nitrogens is 1. The number of benzene rings is 2. The molecule has 0 aliphatic carbocycles. The van der Waals surface area contributed by atoms with Crippen LogP contribution in [0, 0.1) is 0 Å². The van der Waals surface area contributed by atoms with Gasteiger partial charge in [-0.05, 0) is 35.9 Å². The van der Waals surface area contributed by atoms with Gasteiger partial charge in [0.1, 0.15) is 0 Å². The molecule has 1 atom stereocenters. The molecule has 1 aliphatic rings. The van der Waals surface area contributed by atoms with E-state index in [1.165, 1.54) is 15.8 Å². The Bertz CT molecular complexity index is 1070. The first-order valence-corrected chi connectivity index (χ1v) is 9.65. The molecular weight excluding hydrogens is 368 g/mol.